The lowest BCUT2D eigenvalue weighted by atomic mass is 9.83. The van der Waals surface area contributed by atoms with Crippen molar-refractivity contribution in [3.05, 3.63) is 210 Å². The molecule has 0 bridgehead atoms. The quantitative estimate of drug-likeness (QED) is 0.192. The van der Waals surface area contributed by atoms with E-state index in [9.17, 15) is 0 Å². The van der Waals surface area contributed by atoms with E-state index in [0.717, 1.165) is 30.7 Å². The van der Waals surface area contributed by atoms with Crippen LogP contribution in [0, 0.1) is 0 Å². The van der Waals surface area contributed by atoms with E-state index in [1.54, 1.807) is 0 Å². The highest BCUT2D eigenvalue weighted by molar-refractivity contribution is 6.13. The Labute approximate surface area is 328 Å². The van der Waals surface area contributed by atoms with Gasteiger partial charge in [0.05, 0.1) is 23.3 Å². The van der Waals surface area contributed by atoms with Crippen molar-refractivity contribution in [1.29, 1.82) is 0 Å². The third-order valence-corrected chi connectivity index (χ3v) is 12.2. The lowest BCUT2D eigenvalue weighted by Crippen LogP contribution is -2.34. The molecule has 3 heterocycles. The van der Waals surface area contributed by atoms with Crippen molar-refractivity contribution in [2.45, 2.75) is 43.4 Å². The number of rotatable bonds is 5. The van der Waals surface area contributed by atoms with E-state index in [1.807, 2.05) is 0 Å². The minimum Gasteiger partial charge on any atom is -0.360 e. The third-order valence-electron chi connectivity index (χ3n) is 12.2. The first-order valence-corrected chi connectivity index (χ1v) is 20.0. The van der Waals surface area contributed by atoms with Crippen LogP contribution < -0.4 is 10.2 Å². The molecule has 0 amide bonds. The summed E-state index contributed by atoms with van der Waals surface area (Å²) in [4.78, 5) is 7.89. The molecule has 0 saturated heterocycles. The van der Waals surface area contributed by atoms with Gasteiger partial charge in [-0.05, 0) is 77.4 Å². The van der Waals surface area contributed by atoms with Gasteiger partial charge in [-0.2, -0.15) is 0 Å². The van der Waals surface area contributed by atoms with Crippen molar-refractivity contribution in [3.8, 4) is 11.1 Å². The van der Waals surface area contributed by atoms with Crippen molar-refractivity contribution in [3.63, 3.8) is 0 Å². The maximum Gasteiger partial charge on any atom is 0.145 e. The largest absolute Gasteiger partial charge is 0.360 e. The van der Waals surface area contributed by atoms with Gasteiger partial charge in [0.15, 0.2) is 0 Å². The number of para-hydroxylation sites is 3. The number of fused-ring (bicyclic) bond motifs is 9. The molecule has 0 spiro atoms. The minimum absolute atomic E-state index is 0.112. The number of aromatic nitrogens is 1. The van der Waals surface area contributed by atoms with Crippen LogP contribution in [0.1, 0.15) is 42.3 Å². The summed E-state index contributed by atoms with van der Waals surface area (Å²) in [5.74, 6) is 0.138. The molecule has 0 radical (unpaired) electrons. The van der Waals surface area contributed by atoms with Gasteiger partial charge in [-0.1, -0.05) is 158 Å². The normalized spacial score (nSPS) is 22.3. The Balaban J connectivity index is 1.04. The van der Waals surface area contributed by atoms with Gasteiger partial charge in [0, 0.05) is 44.8 Å². The summed E-state index contributed by atoms with van der Waals surface area (Å²) in [5.41, 5.74) is 14.9. The van der Waals surface area contributed by atoms with Crippen LogP contribution in [-0.2, 0) is 0 Å². The molecule has 4 unspecified atom stereocenters. The number of aliphatic imine (C=N–C) groups is 1. The molecule has 4 atom stereocenters. The van der Waals surface area contributed by atoms with Gasteiger partial charge in [-0.3, -0.25) is 4.99 Å². The second kappa shape index (κ2) is 13.6. The van der Waals surface area contributed by atoms with E-state index in [0.29, 0.717) is 0 Å². The summed E-state index contributed by atoms with van der Waals surface area (Å²) in [7, 11) is 0. The molecule has 4 nitrogen and oxygen atoms in total. The number of anilines is 2. The lowest BCUT2D eigenvalue weighted by Gasteiger charge is -2.36. The zero-order valence-corrected chi connectivity index (χ0v) is 31.2. The van der Waals surface area contributed by atoms with Crippen LogP contribution in [0.3, 0.4) is 0 Å². The maximum absolute atomic E-state index is 5.34. The molecular weight excluding hydrogens is 681 g/mol. The molecule has 1 N–H and O–H groups in total. The first-order chi connectivity index (χ1) is 27.8. The van der Waals surface area contributed by atoms with E-state index in [2.05, 4.69) is 203 Å². The molecule has 4 heteroatoms. The third kappa shape index (κ3) is 5.39. The molecule has 11 rings (SSSR count). The van der Waals surface area contributed by atoms with Crippen LogP contribution in [0.25, 0.3) is 38.6 Å². The molecule has 5 aromatic carbocycles. The molecule has 2 aliphatic heterocycles. The summed E-state index contributed by atoms with van der Waals surface area (Å²) < 4.78 is 2.65. The Kier molecular flexibility index (Phi) is 7.94. The zero-order valence-electron chi connectivity index (χ0n) is 31.2. The predicted molar refractivity (Wildman–Crippen MR) is 234 cm³/mol. The fraction of sp³-hybridized carbons (Fsp3) is 0.135. The van der Waals surface area contributed by atoms with Crippen LogP contribution >= 0.6 is 0 Å². The van der Waals surface area contributed by atoms with Gasteiger partial charge < -0.3 is 14.8 Å². The highest BCUT2D eigenvalue weighted by Gasteiger charge is 2.37. The van der Waals surface area contributed by atoms with Gasteiger partial charge in [-0.25, -0.2) is 0 Å². The Morgan fingerprint density at radius 1 is 0.696 bits per heavy atom. The Morgan fingerprint density at radius 3 is 2.34 bits per heavy atom. The van der Waals surface area contributed by atoms with Gasteiger partial charge in [0.25, 0.3) is 0 Å². The summed E-state index contributed by atoms with van der Waals surface area (Å²) in [6.07, 6.45) is 28.1. The Hall–Kier alpha value is -6.65. The van der Waals surface area contributed by atoms with Crippen molar-refractivity contribution in [1.82, 2.24) is 9.88 Å². The smallest absolute Gasteiger partial charge is 0.145 e. The van der Waals surface area contributed by atoms with Crippen molar-refractivity contribution in [2.75, 3.05) is 4.90 Å². The SMILES string of the molecule is C1=CCCC(C2=NC(C3=CCC(n4c5ccccc5c5ccc6c(c54)C4C=CC=CC4N(c4ccccc4)c4ccccc4-6)C=C3)NC(c3ccccc3)=C2)=C1. The number of nitrogens with zero attached hydrogens (tertiary/aromatic N) is 3. The number of nitrogens with one attached hydrogen (secondary N) is 1. The van der Waals surface area contributed by atoms with Gasteiger partial charge in [-0.15, -0.1) is 0 Å². The average Bonchev–Trinajstić information content (AvgIpc) is 3.55. The highest BCUT2D eigenvalue weighted by atomic mass is 15.2. The van der Waals surface area contributed by atoms with E-state index in [4.69, 9.17) is 4.99 Å². The molecule has 0 saturated carbocycles. The maximum atomic E-state index is 5.34. The topological polar surface area (TPSA) is 32.6 Å². The molecule has 56 heavy (non-hydrogen) atoms. The van der Waals surface area contributed by atoms with Crippen LogP contribution in [0.4, 0.5) is 11.4 Å². The summed E-state index contributed by atoms with van der Waals surface area (Å²) in [6, 6.07) is 44.5. The van der Waals surface area contributed by atoms with E-state index >= 15 is 0 Å². The average molecular weight is 723 g/mol. The van der Waals surface area contributed by atoms with E-state index in [-0.39, 0.29) is 24.2 Å². The van der Waals surface area contributed by atoms with E-state index < -0.39 is 0 Å². The van der Waals surface area contributed by atoms with Crippen LogP contribution in [0.2, 0.25) is 0 Å². The number of hydrogen-bond acceptors (Lipinski definition) is 3. The Bertz CT molecular complexity index is 2770. The van der Waals surface area contributed by atoms with Crippen molar-refractivity contribution >= 4 is 44.6 Å². The van der Waals surface area contributed by atoms with Crippen molar-refractivity contribution < 1.29 is 0 Å². The van der Waals surface area contributed by atoms with Gasteiger partial charge >= 0.3 is 0 Å². The standard InChI is InChI=1S/C52H42N4/c1-4-16-35(17-5-1)45-34-46(36-18-6-2-7-19-36)54-52(53-45)37-28-30-39(31-29-37)56-48-26-14-11-23-41(48)43-33-32-42-40-22-10-13-25-47(40)55(38-20-8-3-9-21-38)49-27-15-12-24-44(49)50(42)51(43)56/h1-6,8-18,20-30,32-34,39,44,49,52-53H,7,19,31H2. The minimum atomic E-state index is -0.163. The van der Waals surface area contributed by atoms with Crippen LogP contribution in [-0.4, -0.2) is 22.5 Å². The van der Waals surface area contributed by atoms with Gasteiger partial charge in [0.2, 0.25) is 0 Å². The Morgan fingerprint density at radius 2 is 1.50 bits per heavy atom. The van der Waals surface area contributed by atoms with Crippen LogP contribution in [0.15, 0.2) is 204 Å². The monoisotopic (exact) mass is 722 g/mol. The second-order valence-electron chi connectivity index (χ2n) is 15.3. The zero-order chi connectivity index (χ0) is 37.0. The number of benzene rings is 5. The molecule has 6 aromatic rings. The second-order valence-corrected chi connectivity index (χ2v) is 15.3. The molecule has 3 aliphatic carbocycles. The summed E-state index contributed by atoms with van der Waals surface area (Å²) >= 11 is 0. The number of hydrogen-bond donors (Lipinski definition) is 1. The first-order valence-electron chi connectivity index (χ1n) is 20.0. The first kappa shape index (κ1) is 32.8. The van der Waals surface area contributed by atoms with E-state index in [1.165, 1.54) is 66.6 Å². The molecule has 1 aromatic heterocycles. The molecule has 0 fully saturated rings. The highest BCUT2D eigenvalue weighted by Crippen LogP contribution is 2.51. The molecular formula is C52H42N4. The lowest BCUT2D eigenvalue weighted by molar-refractivity contribution is 0.623. The summed E-state index contributed by atoms with van der Waals surface area (Å²) in [5, 5.41) is 6.42. The van der Waals surface area contributed by atoms with Gasteiger partial charge in [0.1, 0.15) is 6.17 Å². The van der Waals surface area contributed by atoms with Crippen molar-refractivity contribution in [2.24, 2.45) is 4.99 Å². The fourth-order valence-corrected chi connectivity index (χ4v) is 9.60. The van der Waals surface area contributed by atoms with Crippen LogP contribution in [0.5, 0.6) is 0 Å². The fourth-order valence-electron chi connectivity index (χ4n) is 9.60. The molecule has 270 valence electrons. The molecule has 5 aliphatic rings. The summed E-state index contributed by atoms with van der Waals surface area (Å²) in [6.45, 7) is 0. The number of allylic oxidation sites excluding steroid dienone is 9. The predicted octanol–water partition coefficient (Wildman–Crippen LogP) is 12.3.